The summed E-state index contributed by atoms with van der Waals surface area (Å²) in [6, 6.07) is 16.2. The largest absolute Gasteiger partial charge is 0.497 e. The molecular weight excluding hydrogens is 292 g/mol. The highest BCUT2D eigenvalue weighted by atomic mass is 16.5. The molecule has 1 fully saturated rings. The third kappa shape index (κ3) is 3.18. The second-order valence-corrected chi connectivity index (χ2v) is 5.58. The van der Waals surface area contributed by atoms with Crippen molar-refractivity contribution in [3.05, 3.63) is 54.6 Å². The summed E-state index contributed by atoms with van der Waals surface area (Å²) in [4.78, 5) is 24.9. The SMILES string of the molecule is COc1ccc(NC(=O)C2(C(=O)Nc3ccccc3)CC2)cc1. The normalized spacial score (nSPS) is 14.7. The van der Waals surface area contributed by atoms with Crippen molar-refractivity contribution in [3.8, 4) is 5.75 Å². The molecule has 1 saturated carbocycles. The van der Waals surface area contributed by atoms with Gasteiger partial charge in [-0.3, -0.25) is 9.59 Å². The first-order valence-corrected chi connectivity index (χ1v) is 7.46. The van der Waals surface area contributed by atoms with E-state index in [0.717, 1.165) is 0 Å². The maximum Gasteiger partial charge on any atom is 0.240 e. The second-order valence-electron chi connectivity index (χ2n) is 5.58. The quantitative estimate of drug-likeness (QED) is 0.834. The van der Waals surface area contributed by atoms with Crippen molar-refractivity contribution < 1.29 is 14.3 Å². The first-order chi connectivity index (χ1) is 11.1. The Hall–Kier alpha value is -2.82. The maximum atomic E-state index is 12.5. The summed E-state index contributed by atoms with van der Waals surface area (Å²) >= 11 is 0. The van der Waals surface area contributed by atoms with E-state index in [-0.39, 0.29) is 11.8 Å². The fraction of sp³-hybridized carbons (Fsp3) is 0.222. The molecule has 0 spiro atoms. The van der Waals surface area contributed by atoms with E-state index >= 15 is 0 Å². The number of hydrogen-bond acceptors (Lipinski definition) is 3. The Morgan fingerprint density at radius 3 is 1.87 bits per heavy atom. The van der Waals surface area contributed by atoms with Crippen LogP contribution in [0.2, 0.25) is 0 Å². The molecular formula is C18H18N2O3. The van der Waals surface area contributed by atoms with Crippen molar-refractivity contribution in [2.24, 2.45) is 5.41 Å². The van der Waals surface area contributed by atoms with Crippen LogP contribution in [-0.4, -0.2) is 18.9 Å². The van der Waals surface area contributed by atoms with E-state index in [1.165, 1.54) is 0 Å². The molecule has 0 aliphatic heterocycles. The van der Waals surface area contributed by atoms with E-state index in [2.05, 4.69) is 10.6 Å². The van der Waals surface area contributed by atoms with Crippen LogP contribution in [0.4, 0.5) is 11.4 Å². The van der Waals surface area contributed by atoms with E-state index in [0.29, 0.717) is 30.0 Å². The van der Waals surface area contributed by atoms with Crippen LogP contribution in [0, 0.1) is 5.41 Å². The minimum Gasteiger partial charge on any atom is -0.497 e. The molecule has 1 aliphatic carbocycles. The van der Waals surface area contributed by atoms with E-state index in [1.807, 2.05) is 18.2 Å². The molecule has 0 atom stereocenters. The third-order valence-corrected chi connectivity index (χ3v) is 4.00. The Morgan fingerprint density at radius 1 is 0.870 bits per heavy atom. The van der Waals surface area contributed by atoms with Crippen LogP contribution in [0.3, 0.4) is 0 Å². The Labute approximate surface area is 134 Å². The molecule has 23 heavy (non-hydrogen) atoms. The smallest absolute Gasteiger partial charge is 0.240 e. The van der Waals surface area contributed by atoms with Crippen LogP contribution in [0.25, 0.3) is 0 Å². The molecule has 1 aliphatic rings. The standard InChI is InChI=1S/C18H18N2O3/c1-23-15-9-7-14(8-10-15)20-17(22)18(11-12-18)16(21)19-13-5-3-2-4-6-13/h2-10H,11-12H2,1H3,(H,19,21)(H,20,22). The van der Waals surface area contributed by atoms with Crippen LogP contribution in [0.1, 0.15) is 12.8 Å². The number of amides is 2. The molecule has 5 heteroatoms. The lowest BCUT2D eigenvalue weighted by molar-refractivity contribution is -0.131. The zero-order valence-electron chi connectivity index (χ0n) is 12.8. The lowest BCUT2D eigenvalue weighted by Crippen LogP contribution is -2.35. The molecule has 0 unspecified atom stereocenters. The molecule has 2 N–H and O–H groups in total. The highest BCUT2D eigenvalue weighted by Crippen LogP contribution is 2.47. The van der Waals surface area contributed by atoms with Gasteiger partial charge in [-0.1, -0.05) is 18.2 Å². The molecule has 2 aromatic carbocycles. The molecule has 0 saturated heterocycles. The number of hydrogen-bond donors (Lipinski definition) is 2. The summed E-state index contributed by atoms with van der Waals surface area (Å²) in [6.45, 7) is 0. The van der Waals surface area contributed by atoms with Crippen LogP contribution in [-0.2, 0) is 9.59 Å². The van der Waals surface area contributed by atoms with Gasteiger partial charge in [0.1, 0.15) is 11.2 Å². The van der Waals surface area contributed by atoms with Crippen molar-refractivity contribution in [2.75, 3.05) is 17.7 Å². The molecule has 3 rings (SSSR count). The molecule has 118 valence electrons. The summed E-state index contributed by atoms with van der Waals surface area (Å²) in [7, 11) is 1.58. The third-order valence-electron chi connectivity index (χ3n) is 4.00. The van der Waals surface area contributed by atoms with Crippen molar-refractivity contribution in [1.29, 1.82) is 0 Å². The van der Waals surface area contributed by atoms with E-state index in [4.69, 9.17) is 4.74 Å². The van der Waals surface area contributed by atoms with Crippen LogP contribution < -0.4 is 15.4 Å². The molecule has 0 radical (unpaired) electrons. The predicted molar refractivity (Wildman–Crippen MR) is 88.4 cm³/mol. The van der Waals surface area contributed by atoms with Gasteiger partial charge in [0.2, 0.25) is 11.8 Å². The summed E-state index contributed by atoms with van der Waals surface area (Å²) in [6.07, 6.45) is 1.13. The average Bonchev–Trinajstić information content (AvgIpc) is 3.38. The van der Waals surface area contributed by atoms with Crippen molar-refractivity contribution in [1.82, 2.24) is 0 Å². The number of carbonyl (C=O) groups excluding carboxylic acids is 2. The fourth-order valence-corrected chi connectivity index (χ4v) is 2.38. The van der Waals surface area contributed by atoms with Gasteiger partial charge < -0.3 is 15.4 Å². The minimum atomic E-state index is -0.963. The summed E-state index contributed by atoms with van der Waals surface area (Å²) in [5.41, 5.74) is 0.381. The van der Waals surface area contributed by atoms with Crippen molar-refractivity contribution in [2.45, 2.75) is 12.8 Å². The van der Waals surface area contributed by atoms with Gasteiger partial charge in [-0.2, -0.15) is 0 Å². The van der Waals surface area contributed by atoms with Gasteiger partial charge in [-0.25, -0.2) is 0 Å². The number of rotatable bonds is 5. The first kappa shape index (κ1) is 15.1. The molecule has 5 nitrogen and oxygen atoms in total. The minimum absolute atomic E-state index is 0.255. The summed E-state index contributed by atoms with van der Waals surface area (Å²) in [5.74, 6) is 0.191. The molecule has 0 aromatic heterocycles. The number of para-hydroxylation sites is 1. The van der Waals surface area contributed by atoms with Gasteiger partial charge in [0.15, 0.2) is 0 Å². The number of ether oxygens (including phenoxy) is 1. The van der Waals surface area contributed by atoms with Gasteiger partial charge >= 0.3 is 0 Å². The molecule has 2 amide bonds. The monoisotopic (exact) mass is 310 g/mol. The van der Waals surface area contributed by atoms with E-state index in [9.17, 15) is 9.59 Å². The zero-order valence-corrected chi connectivity index (χ0v) is 12.8. The Balaban J connectivity index is 1.67. The highest BCUT2D eigenvalue weighted by Gasteiger charge is 2.56. The van der Waals surface area contributed by atoms with Crippen LogP contribution in [0.5, 0.6) is 5.75 Å². The fourth-order valence-electron chi connectivity index (χ4n) is 2.38. The number of anilines is 2. The van der Waals surface area contributed by atoms with Crippen LogP contribution in [0.15, 0.2) is 54.6 Å². The van der Waals surface area contributed by atoms with Crippen LogP contribution >= 0.6 is 0 Å². The second kappa shape index (κ2) is 6.12. The molecule has 0 heterocycles. The number of benzene rings is 2. The van der Waals surface area contributed by atoms with E-state index in [1.54, 1.807) is 43.5 Å². The van der Waals surface area contributed by atoms with E-state index < -0.39 is 5.41 Å². The van der Waals surface area contributed by atoms with Gasteiger partial charge in [0.25, 0.3) is 0 Å². The molecule has 2 aromatic rings. The zero-order chi connectivity index (χ0) is 16.3. The number of nitrogens with one attached hydrogen (secondary N) is 2. The van der Waals surface area contributed by atoms with Crippen molar-refractivity contribution >= 4 is 23.2 Å². The first-order valence-electron chi connectivity index (χ1n) is 7.46. The predicted octanol–water partition coefficient (Wildman–Crippen LogP) is 3.05. The average molecular weight is 310 g/mol. The maximum absolute atomic E-state index is 12.5. The van der Waals surface area contributed by atoms with Gasteiger partial charge in [-0.15, -0.1) is 0 Å². The van der Waals surface area contributed by atoms with Gasteiger partial charge in [0.05, 0.1) is 7.11 Å². The van der Waals surface area contributed by atoms with Crippen molar-refractivity contribution in [3.63, 3.8) is 0 Å². The lowest BCUT2D eigenvalue weighted by Gasteiger charge is -2.15. The Morgan fingerprint density at radius 2 is 1.39 bits per heavy atom. The number of methoxy groups -OCH3 is 1. The Bertz CT molecular complexity index is 707. The summed E-state index contributed by atoms with van der Waals surface area (Å²) < 4.78 is 5.08. The molecule has 0 bridgehead atoms. The lowest BCUT2D eigenvalue weighted by atomic mass is 10.0. The van der Waals surface area contributed by atoms with Gasteiger partial charge in [-0.05, 0) is 49.2 Å². The topological polar surface area (TPSA) is 67.4 Å². The highest BCUT2D eigenvalue weighted by molar-refractivity contribution is 6.16. The number of carbonyl (C=O) groups is 2. The van der Waals surface area contributed by atoms with Gasteiger partial charge in [0, 0.05) is 11.4 Å². The summed E-state index contributed by atoms with van der Waals surface area (Å²) in [5, 5.41) is 5.62. The Kier molecular flexibility index (Phi) is 4.02.